The number of hydrogen-bond acceptors (Lipinski definition) is 7. The van der Waals surface area contributed by atoms with E-state index in [1.807, 2.05) is 17.8 Å². The van der Waals surface area contributed by atoms with E-state index in [9.17, 15) is 18.8 Å². The minimum absolute atomic E-state index is 0.107. The molecule has 47 heavy (non-hydrogen) atoms. The lowest BCUT2D eigenvalue weighted by molar-refractivity contribution is -0.118. The van der Waals surface area contributed by atoms with E-state index in [4.69, 9.17) is 5.73 Å². The van der Waals surface area contributed by atoms with E-state index < -0.39 is 11.6 Å². The summed E-state index contributed by atoms with van der Waals surface area (Å²) in [5.74, 6) is 0.596. The highest BCUT2D eigenvalue weighted by Crippen LogP contribution is 2.49. The number of hydrogen-bond donors (Lipinski definition) is 3. The highest BCUT2D eigenvalue weighted by molar-refractivity contribution is 7.99. The number of aromatic amines is 1. The van der Waals surface area contributed by atoms with E-state index in [-0.39, 0.29) is 49.4 Å². The number of urea groups is 1. The number of aryl methyl sites for hydroxylation is 1. The molecule has 1 atom stereocenters. The van der Waals surface area contributed by atoms with Crippen molar-refractivity contribution in [1.29, 1.82) is 0 Å². The molecule has 0 radical (unpaired) electrons. The number of rotatable bonds is 7. The summed E-state index contributed by atoms with van der Waals surface area (Å²) in [4.78, 5) is 52.8. The molecule has 1 saturated heterocycles. The topological polar surface area (TPSA) is 133 Å². The third-order valence-electron chi connectivity index (χ3n) is 9.22. The van der Waals surface area contributed by atoms with Crippen molar-refractivity contribution in [1.82, 2.24) is 19.9 Å². The van der Waals surface area contributed by atoms with Gasteiger partial charge in [-0.25, -0.2) is 18.6 Å². The second-order valence-electron chi connectivity index (χ2n) is 12.3. The number of anilines is 4. The molecule has 4 aromatic rings. The van der Waals surface area contributed by atoms with Crippen molar-refractivity contribution in [2.45, 2.75) is 32.2 Å². The number of nitrogens with two attached hydrogens (primary N) is 1. The number of nitrogens with zero attached hydrogens (tertiary/aromatic N) is 5. The number of benzene rings is 1. The van der Waals surface area contributed by atoms with Crippen LogP contribution in [0.25, 0.3) is 22.0 Å². The van der Waals surface area contributed by atoms with Gasteiger partial charge in [-0.05, 0) is 60.9 Å². The first kappa shape index (κ1) is 31.2. The van der Waals surface area contributed by atoms with E-state index in [0.29, 0.717) is 76.5 Å². The van der Waals surface area contributed by atoms with Crippen LogP contribution in [0.15, 0.2) is 41.6 Å². The second-order valence-corrected chi connectivity index (χ2v) is 13.4. The molecule has 3 aromatic heterocycles. The molecule has 14 heteroatoms. The highest BCUT2D eigenvalue weighted by atomic mass is 32.2. The molecule has 1 fully saturated rings. The van der Waals surface area contributed by atoms with Crippen LogP contribution in [0.2, 0.25) is 0 Å². The third-order valence-corrected chi connectivity index (χ3v) is 10.5. The number of fused-ring (bicyclic) bond motifs is 3. The number of unbranched alkanes of at least 4 members (excludes halogenated alkanes) is 1. The highest BCUT2D eigenvalue weighted by Gasteiger charge is 2.35. The molecular weight excluding hydrogens is 626 g/mol. The maximum absolute atomic E-state index is 15.5. The Balaban J connectivity index is 1.42. The Morgan fingerprint density at radius 1 is 1.11 bits per heavy atom. The third kappa shape index (κ3) is 5.63. The summed E-state index contributed by atoms with van der Waals surface area (Å²) in [6.07, 6.45) is 7.05. The average molecular weight is 663 g/mol. The van der Waals surface area contributed by atoms with Gasteiger partial charge in [0.1, 0.15) is 11.3 Å². The van der Waals surface area contributed by atoms with Crippen molar-refractivity contribution in [3.8, 4) is 11.1 Å². The van der Waals surface area contributed by atoms with Crippen molar-refractivity contribution in [3.05, 3.63) is 64.3 Å². The van der Waals surface area contributed by atoms with Gasteiger partial charge in [-0.1, -0.05) is 0 Å². The van der Waals surface area contributed by atoms with Crippen LogP contribution in [-0.2, 0) is 18.4 Å². The lowest BCUT2D eigenvalue weighted by Gasteiger charge is -2.38. The van der Waals surface area contributed by atoms with Crippen LogP contribution in [0, 0.1) is 17.6 Å². The molecule has 1 unspecified atom stereocenters. The van der Waals surface area contributed by atoms with Gasteiger partial charge in [-0.15, -0.1) is 0 Å². The fourth-order valence-corrected chi connectivity index (χ4v) is 8.07. The number of halogens is 2. The molecule has 0 saturated carbocycles. The number of pyridine rings is 2. The molecule has 0 spiro atoms. The van der Waals surface area contributed by atoms with E-state index in [2.05, 4.69) is 15.3 Å². The average Bonchev–Trinajstić information content (AvgIpc) is 3.72. The molecule has 0 aliphatic carbocycles. The minimum atomic E-state index is -0.859. The fraction of sp³-hybridized carbons (Fsp3) is 0.394. The quantitative estimate of drug-likeness (QED) is 0.247. The van der Waals surface area contributed by atoms with Gasteiger partial charge in [-0.2, -0.15) is 11.8 Å². The molecule has 3 amide bonds. The molecule has 246 valence electrons. The maximum atomic E-state index is 15.5. The van der Waals surface area contributed by atoms with Crippen molar-refractivity contribution in [2.24, 2.45) is 18.7 Å². The molecular formula is C33H36F2N8O3S. The molecule has 7 rings (SSSR count). The van der Waals surface area contributed by atoms with Crippen molar-refractivity contribution < 1.29 is 18.4 Å². The number of amides is 3. The molecule has 11 nitrogen and oxygen atoms in total. The van der Waals surface area contributed by atoms with Gasteiger partial charge in [0.25, 0.3) is 5.56 Å². The van der Waals surface area contributed by atoms with Crippen LogP contribution in [-0.4, -0.2) is 64.2 Å². The van der Waals surface area contributed by atoms with Crippen LogP contribution >= 0.6 is 11.8 Å². The number of thioether (sulfide) groups is 1. The van der Waals surface area contributed by atoms with Crippen LogP contribution in [0.1, 0.15) is 31.2 Å². The van der Waals surface area contributed by atoms with Crippen LogP contribution in [0.5, 0.6) is 0 Å². The van der Waals surface area contributed by atoms with Crippen LogP contribution in [0.3, 0.4) is 0 Å². The Labute approximate surface area is 274 Å². The summed E-state index contributed by atoms with van der Waals surface area (Å²) < 4.78 is 31.0. The predicted molar refractivity (Wildman–Crippen MR) is 180 cm³/mol. The molecule has 4 N–H and O–H groups in total. The van der Waals surface area contributed by atoms with Gasteiger partial charge >= 0.3 is 6.03 Å². The van der Waals surface area contributed by atoms with Crippen LogP contribution in [0.4, 0.5) is 36.5 Å². The summed E-state index contributed by atoms with van der Waals surface area (Å²) in [6.45, 7) is 1.69. The van der Waals surface area contributed by atoms with Gasteiger partial charge in [0.05, 0.1) is 29.8 Å². The fourth-order valence-electron chi connectivity index (χ4n) is 6.79. The number of nitrogens with one attached hydrogen (secondary N) is 2. The number of aromatic nitrogens is 3. The largest absolute Gasteiger partial charge is 0.356 e. The summed E-state index contributed by atoms with van der Waals surface area (Å²) in [5, 5.41) is 3.78. The zero-order valence-corrected chi connectivity index (χ0v) is 26.8. The molecule has 6 heterocycles. The minimum Gasteiger partial charge on any atom is -0.356 e. The summed E-state index contributed by atoms with van der Waals surface area (Å²) in [5.41, 5.74) is 9.39. The lowest BCUT2D eigenvalue weighted by atomic mass is 9.98. The van der Waals surface area contributed by atoms with Crippen molar-refractivity contribution in [2.75, 3.05) is 52.4 Å². The van der Waals surface area contributed by atoms with Gasteiger partial charge in [0.2, 0.25) is 5.91 Å². The maximum Gasteiger partial charge on any atom is 0.322 e. The number of carbonyl (C=O) groups excluding carboxylic acids is 2. The lowest BCUT2D eigenvalue weighted by Crippen LogP contribution is -2.50. The van der Waals surface area contributed by atoms with E-state index in [1.54, 1.807) is 40.2 Å². The van der Waals surface area contributed by atoms with Gasteiger partial charge < -0.3 is 30.4 Å². The van der Waals surface area contributed by atoms with Gasteiger partial charge in [-0.3, -0.25) is 14.5 Å². The summed E-state index contributed by atoms with van der Waals surface area (Å²) in [6, 6.07) is 4.15. The normalized spacial score (nSPS) is 17.1. The van der Waals surface area contributed by atoms with Crippen LogP contribution < -0.4 is 31.3 Å². The number of H-pyrrole nitrogens is 1. The monoisotopic (exact) mass is 662 g/mol. The zero-order chi connectivity index (χ0) is 32.8. The Hall–Kier alpha value is -4.43. The van der Waals surface area contributed by atoms with Gasteiger partial charge in [0, 0.05) is 68.1 Å². The Morgan fingerprint density at radius 3 is 2.68 bits per heavy atom. The van der Waals surface area contributed by atoms with E-state index in [0.717, 1.165) is 30.2 Å². The zero-order valence-electron chi connectivity index (χ0n) is 26.0. The van der Waals surface area contributed by atoms with E-state index >= 15 is 4.39 Å². The Kier molecular flexibility index (Phi) is 8.39. The SMILES string of the molecule is Cn1cc2c3c(c[nH]c3c1=O)CN(c1ncc(F)cc1F)c1cc3c(cc1-2)N(C(=O)NCC1CCSC1)CCN3C(=O)CCCCN. The first-order valence-electron chi connectivity index (χ1n) is 15.8. The second kappa shape index (κ2) is 12.6. The molecule has 3 aliphatic rings. The van der Waals surface area contributed by atoms with Gasteiger partial charge in [0.15, 0.2) is 11.6 Å². The Bertz CT molecular complexity index is 1940. The van der Waals surface area contributed by atoms with Crippen molar-refractivity contribution >= 4 is 57.5 Å². The smallest absolute Gasteiger partial charge is 0.322 e. The first-order chi connectivity index (χ1) is 22.7. The first-order valence-corrected chi connectivity index (χ1v) is 17.0. The molecule has 0 bridgehead atoms. The number of carbonyl (C=O) groups is 2. The summed E-state index contributed by atoms with van der Waals surface area (Å²) >= 11 is 1.88. The summed E-state index contributed by atoms with van der Waals surface area (Å²) in [7, 11) is 1.66. The standard InChI is InChI=1S/C33H36F2N8O3S/c1-40-17-23-22-11-26-27(41(28(44)4-2-3-6-36)7-8-42(26)33(46)39-13-19-5-9-47-18-19)12-25(22)43(31-24(35)10-21(34)15-38-31)16-20-14-37-30(29(20)23)32(40)45/h10-12,14-15,17,19,37H,2-9,13,16,18,36H2,1H3,(H,39,46). The van der Waals surface area contributed by atoms with E-state index in [1.165, 1.54) is 4.57 Å². The molecule has 3 aliphatic heterocycles. The predicted octanol–water partition coefficient (Wildman–Crippen LogP) is 4.60. The molecule has 1 aromatic carbocycles. The Morgan fingerprint density at radius 2 is 1.91 bits per heavy atom. The van der Waals surface area contributed by atoms with Crippen molar-refractivity contribution in [3.63, 3.8) is 0 Å².